The van der Waals surface area contributed by atoms with Gasteiger partial charge in [-0.3, -0.25) is 0 Å². The van der Waals surface area contributed by atoms with Gasteiger partial charge in [-0.1, -0.05) is 24.3 Å². The summed E-state index contributed by atoms with van der Waals surface area (Å²) in [6.45, 7) is 9.42. The van der Waals surface area contributed by atoms with E-state index >= 15 is 0 Å². The number of fused-ring (bicyclic) bond motifs is 3. The van der Waals surface area contributed by atoms with E-state index in [0.717, 1.165) is 11.1 Å². The molecule has 5 heteroatoms. The first-order valence-corrected chi connectivity index (χ1v) is 8.30. The monoisotopic (exact) mass is 339 g/mol. The van der Waals surface area contributed by atoms with Crippen molar-refractivity contribution in [1.29, 1.82) is 0 Å². The maximum absolute atomic E-state index is 12.7. The summed E-state index contributed by atoms with van der Waals surface area (Å²) in [5, 5.41) is 3.11. The Bertz CT molecular complexity index is 832. The zero-order valence-electron chi connectivity index (χ0n) is 14.6. The van der Waals surface area contributed by atoms with Crippen molar-refractivity contribution in [2.75, 3.05) is 6.61 Å². The van der Waals surface area contributed by atoms with Crippen LogP contribution in [0, 0.1) is 0 Å². The van der Waals surface area contributed by atoms with Crippen LogP contribution in [-0.4, -0.2) is 18.5 Å². The van der Waals surface area contributed by atoms with Gasteiger partial charge in [-0.15, -0.1) is 6.58 Å². The average molecular weight is 339 g/mol. The van der Waals surface area contributed by atoms with Crippen molar-refractivity contribution in [1.82, 2.24) is 5.32 Å². The zero-order valence-corrected chi connectivity index (χ0v) is 14.6. The van der Waals surface area contributed by atoms with Crippen LogP contribution < -0.4 is 10.1 Å². The maximum Gasteiger partial charge on any atom is 0.342 e. The molecule has 2 aliphatic heterocycles. The molecule has 0 aromatic heterocycles. The van der Waals surface area contributed by atoms with Crippen LogP contribution in [0.5, 0.6) is 5.75 Å². The number of hydrogen-bond donors (Lipinski definition) is 1. The van der Waals surface area contributed by atoms with Crippen molar-refractivity contribution in [3.05, 3.63) is 64.5 Å². The number of dihydropyridines is 1. The molecule has 0 fully saturated rings. The van der Waals surface area contributed by atoms with E-state index in [1.807, 2.05) is 32.0 Å². The average Bonchev–Trinajstić information content (AvgIpc) is 2.55. The lowest BCUT2D eigenvalue weighted by molar-refractivity contribution is -0.139. The second-order valence-corrected chi connectivity index (χ2v) is 6.07. The molecule has 2 aliphatic rings. The Labute approximate surface area is 147 Å². The van der Waals surface area contributed by atoms with Crippen molar-refractivity contribution in [2.24, 2.45) is 0 Å². The normalized spacial score (nSPS) is 18.8. The molecule has 130 valence electrons. The van der Waals surface area contributed by atoms with E-state index in [-0.39, 0.29) is 6.61 Å². The first-order valence-electron chi connectivity index (χ1n) is 8.30. The predicted octanol–water partition coefficient (Wildman–Crippen LogP) is 3.13. The zero-order chi connectivity index (χ0) is 18.1. The number of carbonyl (C=O) groups is 2. The van der Waals surface area contributed by atoms with E-state index in [9.17, 15) is 9.59 Å². The molecule has 2 heterocycles. The molecule has 1 aromatic carbocycles. The summed E-state index contributed by atoms with van der Waals surface area (Å²) in [7, 11) is 0. The molecule has 0 amide bonds. The van der Waals surface area contributed by atoms with Crippen LogP contribution in [0.25, 0.3) is 0 Å². The second-order valence-electron chi connectivity index (χ2n) is 6.07. The van der Waals surface area contributed by atoms with Gasteiger partial charge in [0.15, 0.2) is 0 Å². The number of rotatable bonds is 4. The molecule has 25 heavy (non-hydrogen) atoms. The SMILES string of the molecule is C=CCc1cccc2c1OC(=O)C1=C(C)NC(C)=C(C(=O)OCC)[C@@H]12. The first kappa shape index (κ1) is 17.0. The first-order chi connectivity index (χ1) is 12.0. The molecule has 0 aliphatic carbocycles. The third-order valence-corrected chi connectivity index (χ3v) is 4.47. The van der Waals surface area contributed by atoms with Crippen LogP contribution in [0.3, 0.4) is 0 Å². The number of allylic oxidation sites excluding steroid dienone is 3. The molecule has 1 atom stereocenters. The van der Waals surface area contributed by atoms with Gasteiger partial charge in [0, 0.05) is 17.0 Å². The van der Waals surface area contributed by atoms with Gasteiger partial charge in [-0.25, -0.2) is 9.59 Å². The number of hydrogen-bond acceptors (Lipinski definition) is 5. The number of esters is 2. The largest absolute Gasteiger partial charge is 0.463 e. The van der Waals surface area contributed by atoms with E-state index in [2.05, 4.69) is 11.9 Å². The molecule has 1 N–H and O–H groups in total. The van der Waals surface area contributed by atoms with Crippen LogP contribution in [0.1, 0.15) is 37.8 Å². The van der Waals surface area contributed by atoms with Gasteiger partial charge in [0.05, 0.1) is 23.7 Å². The number of nitrogens with one attached hydrogen (secondary N) is 1. The lowest BCUT2D eigenvalue weighted by Gasteiger charge is -2.34. The summed E-state index contributed by atoms with van der Waals surface area (Å²) in [6.07, 6.45) is 2.34. The fourth-order valence-electron chi connectivity index (χ4n) is 3.48. The van der Waals surface area contributed by atoms with E-state index in [1.54, 1.807) is 13.0 Å². The Balaban J connectivity index is 2.23. The molecule has 1 aromatic rings. The predicted molar refractivity (Wildman–Crippen MR) is 93.9 cm³/mol. The highest BCUT2D eigenvalue weighted by Gasteiger charge is 2.43. The van der Waals surface area contributed by atoms with Crippen LogP contribution >= 0.6 is 0 Å². The number of benzene rings is 1. The summed E-state index contributed by atoms with van der Waals surface area (Å²) in [6, 6.07) is 5.70. The van der Waals surface area contributed by atoms with Gasteiger partial charge in [0.25, 0.3) is 0 Å². The Morgan fingerprint density at radius 3 is 2.80 bits per heavy atom. The Kier molecular flexibility index (Phi) is 4.49. The van der Waals surface area contributed by atoms with Crippen molar-refractivity contribution in [3.8, 4) is 5.75 Å². The standard InChI is InChI=1S/C20H21NO4/c1-5-8-13-9-7-10-14-17-15(19(22)24-6-2)11(3)21-12(4)16(17)20(23)25-18(13)14/h5,7,9-10,17,21H,1,6,8H2,2-4H3/t17-/m0/s1. The Morgan fingerprint density at radius 2 is 2.12 bits per heavy atom. The minimum atomic E-state index is -0.485. The maximum atomic E-state index is 12.7. The third kappa shape index (κ3) is 2.76. The van der Waals surface area contributed by atoms with Crippen molar-refractivity contribution in [2.45, 2.75) is 33.1 Å². The highest BCUT2D eigenvalue weighted by atomic mass is 16.5. The smallest absolute Gasteiger partial charge is 0.342 e. The molecule has 0 saturated heterocycles. The highest BCUT2D eigenvalue weighted by molar-refractivity contribution is 6.02. The molecule has 0 saturated carbocycles. The van der Waals surface area contributed by atoms with Crippen molar-refractivity contribution in [3.63, 3.8) is 0 Å². The summed E-state index contributed by atoms with van der Waals surface area (Å²) < 4.78 is 10.9. The second kappa shape index (κ2) is 6.59. The highest BCUT2D eigenvalue weighted by Crippen LogP contribution is 2.47. The van der Waals surface area contributed by atoms with Crippen molar-refractivity contribution >= 4 is 11.9 Å². The van der Waals surface area contributed by atoms with Gasteiger partial charge in [-0.05, 0) is 32.8 Å². The number of para-hydroxylation sites is 1. The number of carbonyl (C=O) groups excluding carboxylic acids is 2. The summed E-state index contributed by atoms with van der Waals surface area (Å²) in [5.74, 6) is -0.822. The number of ether oxygens (including phenoxy) is 2. The lowest BCUT2D eigenvalue weighted by Crippen LogP contribution is -2.36. The molecule has 5 nitrogen and oxygen atoms in total. The van der Waals surface area contributed by atoms with E-state index in [1.165, 1.54) is 0 Å². The van der Waals surface area contributed by atoms with E-state index in [0.29, 0.717) is 34.7 Å². The Morgan fingerprint density at radius 1 is 1.36 bits per heavy atom. The van der Waals surface area contributed by atoms with Gasteiger partial charge < -0.3 is 14.8 Å². The van der Waals surface area contributed by atoms with Crippen LogP contribution in [0.2, 0.25) is 0 Å². The molecule has 0 spiro atoms. The van der Waals surface area contributed by atoms with E-state index in [4.69, 9.17) is 9.47 Å². The fraction of sp³-hybridized carbons (Fsp3) is 0.300. The molecular formula is C20H21NO4. The Hall–Kier alpha value is -2.82. The van der Waals surface area contributed by atoms with E-state index < -0.39 is 17.9 Å². The van der Waals surface area contributed by atoms with Gasteiger partial charge >= 0.3 is 11.9 Å². The topological polar surface area (TPSA) is 64.6 Å². The van der Waals surface area contributed by atoms with Gasteiger partial charge in [0.1, 0.15) is 5.75 Å². The lowest BCUT2D eigenvalue weighted by atomic mass is 9.78. The molecule has 3 rings (SSSR count). The summed E-state index contributed by atoms with van der Waals surface area (Å²) in [4.78, 5) is 25.3. The minimum Gasteiger partial charge on any atom is -0.463 e. The molecule has 0 radical (unpaired) electrons. The van der Waals surface area contributed by atoms with Gasteiger partial charge in [-0.2, -0.15) is 0 Å². The quantitative estimate of drug-likeness (QED) is 0.519. The molecular weight excluding hydrogens is 318 g/mol. The van der Waals surface area contributed by atoms with Crippen LogP contribution in [0.4, 0.5) is 0 Å². The summed E-state index contributed by atoms with van der Waals surface area (Å²) >= 11 is 0. The molecule has 0 bridgehead atoms. The summed E-state index contributed by atoms with van der Waals surface area (Å²) in [5.41, 5.74) is 3.97. The minimum absolute atomic E-state index is 0.272. The van der Waals surface area contributed by atoms with Gasteiger partial charge in [0.2, 0.25) is 0 Å². The molecule has 0 unspecified atom stereocenters. The fourth-order valence-corrected chi connectivity index (χ4v) is 3.48. The van der Waals surface area contributed by atoms with Crippen LogP contribution in [0.15, 0.2) is 53.4 Å². The van der Waals surface area contributed by atoms with Crippen molar-refractivity contribution < 1.29 is 19.1 Å². The third-order valence-electron chi connectivity index (χ3n) is 4.47. The van der Waals surface area contributed by atoms with Crippen LogP contribution in [-0.2, 0) is 20.7 Å².